The molecule has 3 atom stereocenters. The van der Waals surface area contributed by atoms with Crippen LogP contribution < -0.4 is 4.74 Å². The number of unbranched alkanes of at least 4 members (excludes halogenated alkanes) is 3. The van der Waals surface area contributed by atoms with Crippen LogP contribution in [0.4, 0.5) is 13.2 Å². The van der Waals surface area contributed by atoms with Gasteiger partial charge in [0.1, 0.15) is 24.2 Å². The number of aliphatic hydroxyl groups excluding tert-OH is 1. The van der Waals surface area contributed by atoms with Crippen molar-refractivity contribution < 1.29 is 37.3 Å². The summed E-state index contributed by atoms with van der Waals surface area (Å²) in [6.45, 7) is 2.00. The molecule has 2 rings (SSSR count). The normalized spacial score (nSPS) is 19.7. The number of Topliss-reactive ketones (excluding diaryl/α,β-unsaturated/α-hetero) is 1. The first kappa shape index (κ1) is 26.9. The molecule has 0 aromatic heterocycles. The largest absolute Gasteiger partial charge is 0.491 e. The number of carbonyl (C=O) groups is 2. The zero-order valence-corrected chi connectivity index (χ0v) is 19.0. The summed E-state index contributed by atoms with van der Waals surface area (Å²) in [6.07, 6.45) is 3.89. The highest BCUT2D eigenvalue weighted by atomic mass is 19.4. The Morgan fingerprint density at radius 3 is 2.73 bits per heavy atom. The molecule has 0 bridgehead atoms. The van der Waals surface area contributed by atoms with E-state index in [1.807, 2.05) is 6.08 Å². The maximum absolute atomic E-state index is 12.8. The molecule has 0 spiro atoms. The summed E-state index contributed by atoms with van der Waals surface area (Å²) in [5.74, 6) is 0.0485. The summed E-state index contributed by atoms with van der Waals surface area (Å²) in [5, 5.41) is 10.2. The van der Waals surface area contributed by atoms with Crippen LogP contribution in [0, 0.1) is 11.8 Å². The van der Waals surface area contributed by atoms with Gasteiger partial charge in [0.15, 0.2) is 0 Å². The van der Waals surface area contributed by atoms with Crippen LogP contribution in [-0.4, -0.2) is 36.2 Å². The number of carbonyl (C=O) groups excluding carboxylic acids is 2. The standard InChI is InChI=1S/C25H33F3O5/c1-2-32-24(31)11-6-4-3-5-10-22-18(13-15-23(22)30)12-14-20(29)17-33-21-9-7-8-19(16-21)25(26,27)28/h7-9,12,14,16,18,20,22,29H,2-6,10-11,13,15,17H2,1H3/b14-12+/t18-,20-,22+/m0/s1. The van der Waals surface area contributed by atoms with Crippen molar-refractivity contribution >= 4 is 11.8 Å². The molecular formula is C25H33F3O5. The Kier molecular flexibility index (Phi) is 10.9. The first-order valence-electron chi connectivity index (χ1n) is 11.6. The summed E-state index contributed by atoms with van der Waals surface area (Å²) < 4.78 is 48.5. The van der Waals surface area contributed by atoms with Gasteiger partial charge in [-0.05, 0) is 50.3 Å². The van der Waals surface area contributed by atoms with Crippen molar-refractivity contribution in [3.63, 3.8) is 0 Å². The summed E-state index contributed by atoms with van der Waals surface area (Å²) in [4.78, 5) is 23.6. The van der Waals surface area contributed by atoms with Crippen LogP contribution >= 0.6 is 0 Å². The molecule has 1 fully saturated rings. The zero-order valence-electron chi connectivity index (χ0n) is 19.0. The highest BCUT2D eigenvalue weighted by Crippen LogP contribution is 2.34. The van der Waals surface area contributed by atoms with Crippen LogP contribution in [0.25, 0.3) is 0 Å². The van der Waals surface area contributed by atoms with Gasteiger partial charge in [0.25, 0.3) is 0 Å². The lowest BCUT2D eigenvalue weighted by molar-refractivity contribution is -0.143. The van der Waals surface area contributed by atoms with Gasteiger partial charge in [0, 0.05) is 18.8 Å². The average molecular weight is 471 g/mol. The Balaban J connectivity index is 1.73. The second-order valence-corrected chi connectivity index (χ2v) is 8.32. The van der Waals surface area contributed by atoms with Gasteiger partial charge < -0.3 is 14.6 Å². The fourth-order valence-electron chi connectivity index (χ4n) is 4.03. The number of aliphatic hydroxyl groups is 1. The second kappa shape index (κ2) is 13.4. The molecule has 184 valence electrons. The SMILES string of the molecule is CCOC(=O)CCCCCC[C@H]1C(=O)CC[C@@H]1/C=C/[C@H](O)COc1cccc(C(F)(F)F)c1. The third-order valence-corrected chi connectivity index (χ3v) is 5.77. The van der Waals surface area contributed by atoms with Gasteiger partial charge in [0.05, 0.1) is 12.2 Å². The van der Waals surface area contributed by atoms with Crippen molar-refractivity contribution in [1.29, 1.82) is 0 Å². The summed E-state index contributed by atoms with van der Waals surface area (Å²) in [6, 6.07) is 4.52. The van der Waals surface area contributed by atoms with Gasteiger partial charge in [-0.25, -0.2) is 0 Å². The van der Waals surface area contributed by atoms with Crippen molar-refractivity contribution in [3.8, 4) is 5.75 Å². The molecule has 5 nitrogen and oxygen atoms in total. The molecule has 0 unspecified atom stereocenters. The van der Waals surface area contributed by atoms with Crippen LogP contribution in [0.1, 0.15) is 63.9 Å². The Hall–Kier alpha value is -2.35. The maximum Gasteiger partial charge on any atom is 0.416 e. The van der Waals surface area contributed by atoms with E-state index < -0.39 is 17.8 Å². The average Bonchev–Trinajstić information content (AvgIpc) is 3.12. The van der Waals surface area contributed by atoms with E-state index in [1.54, 1.807) is 13.0 Å². The number of esters is 1. The first-order valence-corrected chi connectivity index (χ1v) is 11.6. The van der Waals surface area contributed by atoms with Gasteiger partial charge in [-0.2, -0.15) is 13.2 Å². The van der Waals surface area contributed by atoms with E-state index in [4.69, 9.17) is 9.47 Å². The molecule has 1 aromatic rings. The van der Waals surface area contributed by atoms with E-state index >= 15 is 0 Å². The van der Waals surface area contributed by atoms with Gasteiger partial charge >= 0.3 is 12.1 Å². The molecule has 0 amide bonds. The first-order chi connectivity index (χ1) is 15.7. The fraction of sp³-hybridized carbons (Fsp3) is 0.600. The minimum Gasteiger partial charge on any atom is -0.491 e. The molecule has 8 heteroatoms. The van der Waals surface area contributed by atoms with E-state index in [2.05, 4.69) is 0 Å². The van der Waals surface area contributed by atoms with Crippen molar-refractivity contribution in [2.45, 2.75) is 70.6 Å². The molecule has 1 aliphatic carbocycles. The van der Waals surface area contributed by atoms with Crippen molar-refractivity contribution in [1.82, 2.24) is 0 Å². The molecule has 0 radical (unpaired) electrons. The molecule has 1 aliphatic rings. The van der Waals surface area contributed by atoms with E-state index in [-0.39, 0.29) is 35.9 Å². The third-order valence-electron chi connectivity index (χ3n) is 5.77. The number of hydrogen-bond donors (Lipinski definition) is 1. The monoisotopic (exact) mass is 470 g/mol. The summed E-state index contributed by atoms with van der Waals surface area (Å²) in [5.41, 5.74) is -0.807. The fourth-order valence-corrected chi connectivity index (χ4v) is 4.03. The molecule has 1 aromatic carbocycles. The molecule has 1 N–H and O–H groups in total. The smallest absolute Gasteiger partial charge is 0.416 e. The van der Waals surface area contributed by atoms with E-state index in [9.17, 15) is 27.9 Å². The van der Waals surface area contributed by atoms with Gasteiger partial charge in [-0.3, -0.25) is 9.59 Å². The van der Waals surface area contributed by atoms with E-state index in [0.717, 1.165) is 50.7 Å². The van der Waals surface area contributed by atoms with Gasteiger partial charge in [0.2, 0.25) is 0 Å². The number of alkyl halides is 3. The van der Waals surface area contributed by atoms with Crippen LogP contribution in [-0.2, 0) is 20.5 Å². The lowest BCUT2D eigenvalue weighted by Crippen LogP contribution is -2.17. The molecule has 0 heterocycles. The number of benzene rings is 1. The van der Waals surface area contributed by atoms with Crippen LogP contribution in [0.15, 0.2) is 36.4 Å². The predicted molar refractivity (Wildman–Crippen MR) is 118 cm³/mol. The molecule has 0 aliphatic heterocycles. The highest BCUT2D eigenvalue weighted by Gasteiger charge is 2.32. The zero-order chi connectivity index (χ0) is 24.3. The quantitative estimate of drug-likeness (QED) is 0.234. The Labute approximate surface area is 193 Å². The Morgan fingerprint density at radius 2 is 2.00 bits per heavy atom. The second-order valence-electron chi connectivity index (χ2n) is 8.32. The minimum atomic E-state index is -4.46. The number of ether oxygens (including phenoxy) is 2. The minimum absolute atomic E-state index is 0.0363. The number of hydrogen-bond acceptors (Lipinski definition) is 5. The van der Waals surface area contributed by atoms with Crippen LogP contribution in [0.5, 0.6) is 5.75 Å². The number of rotatable bonds is 13. The highest BCUT2D eigenvalue weighted by molar-refractivity contribution is 5.83. The van der Waals surface area contributed by atoms with E-state index in [0.29, 0.717) is 19.4 Å². The lowest BCUT2D eigenvalue weighted by Gasteiger charge is -2.16. The predicted octanol–water partition coefficient (Wildman–Crippen LogP) is 5.50. The van der Waals surface area contributed by atoms with Crippen molar-refractivity contribution in [3.05, 3.63) is 42.0 Å². The Morgan fingerprint density at radius 1 is 1.24 bits per heavy atom. The van der Waals surface area contributed by atoms with Crippen LogP contribution in [0.3, 0.4) is 0 Å². The number of halogens is 3. The van der Waals surface area contributed by atoms with Crippen molar-refractivity contribution in [2.24, 2.45) is 11.8 Å². The lowest BCUT2D eigenvalue weighted by atomic mass is 9.89. The number of allylic oxidation sites excluding steroid dienone is 1. The molecule has 33 heavy (non-hydrogen) atoms. The molecular weight excluding hydrogens is 437 g/mol. The van der Waals surface area contributed by atoms with Gasteiger partial charge in [-0.15, -0.1) is 0 Å². The van der Waals surface area contributed by atoms with Crippen LogP contribution in [0.2, 0.25) is 0 Å². The molecule has 0 saturated heterocycles. The maximum atomic E-state index is 12.8. The number of ketones is 1. The third kappa shape index (κ3) is 9.58. The molecule has 1 saturated carbocycles. The van der Waals surface area contributed by atoms with E-state index in [1.165, 1.54) is 12.1 Å². The van der Waals surface area contributed by atoms with Gasteiger partial charge in [-0.1, -0.05) is 37.5 Å². The summed E-state index contributed by atoms with van der Waals surface area (Å²) >= 11 is 0. The summed E-state index contributed by atoms with van der Waals surface area (Å²) in [7, 11) is 0. The topological polar surface area (TPSA) is 72.8 Å². The Bertz CT molecular complexity index is 790. The van der Waals surface area contributed by atoms with Crippen molar-refractivity contribution in [2.75, 3.05) is 13.2 Å².